The maximum Gasteiger partial charge on any atom is 0.129 e. The molecule has 2 unspecified atom stereocenters. The van der Waals surface area contributed by atoms with Crippen LogP contribution >= 0.6 is 0 Å². The standard InChI is InChI=1S/C12H16FNO/c1-8-7-15-12(9(2)14-8)10-5-3-4-6-11(10)13/h3-6,8-9,12,14H,7H2,1-2H3/t8-,9?,12?/m0/s1. The lowest BCUT2D eigenvalue weighted by Crippen LogP contribution is -2.47. The number of halogens is 1. The average Bonchev–Trinajstić information content (AvgIpc) is 2.20. The van der Waals surface area contributed by atoms with Crippen molar-refractivity contribution in [3.05, 3.63) is 35.6 Å². The van der Waals surface area contributed by atoms with E-state index in [9.17, 15) is 4.39 Å². The van der Waals surface area contributed by atoms with Crippen LogP contribution in [0.4, 0.5) is 4.39 Å². The largest absolute Gasteiger partial charge is 0.370 e. The Morgan fingerprint density at radius 2 is 2.07 bits per heavy atom. The summed E-state index contributed by atoms with van der Waals surface area (Å²) in [6, 6.07) is 7.28. The van der Waals surface area contributed by atoms with Crippen molar-refractivity contribution in [1.82, 2.24) is 5.32 Å². The van der Waals surface area contributed by atoms with Gasteiger partial charge in [-0.15, -0.1) is 0 Å². The van der Waals surface area contributed by atoms with E-state index in [0.29, 0.717) is 18.2 Å². The van der Waals surface area contributed by atoms with Crippen molar-refractivity contribution < 1.29 is 9.13 Å². The number of hydrogen-bond donors (Lipinski definition) is 1. The first-order valence-electron chi connectivity index (χ1n) is 5.30. The predicted molar refractivity (Wildman–Crippen MR) is 57.2 cm³/mol. The molecular formula is C12H16FNO. The van der Waals surface area contributed by atoms with E-state index in [-0.39, 0.29) is 18.0 Å². The monoisotopic (exact) mass is 209 g/mol. The summed E-state index contributed by atoms with van der Waals surface area (Å²) in [7, 11) is 0. The summed E-state index contributed by atoms with van der Waals surface area (Å²) in [6.45, 7) is 4.71. The van der Waals surface area contributed by atoms with Crippen LogP contribution in [0.3, 0.4) is 0 Å². The Bertz CT molecular complexity index is 342. The summed E-state index contributed by atoms with van der Waals surface area (Å²) >= 11 is 0. The van der Waals surface area contributed by atoms with Gasteiger partial charge in [0.1, 0.15) is 11.9 Å². The second-order valence-corrected chi connectivity index (χ2v) is 4.13. The minimum absolute atomic E-state index is 0.144. The fourth-order valence-corrected chi connectivity index (χ4v) is 2.04. The highest BCUT2D eigenvalue weighted by atomic mass is 19.1. The van der Waals surface area contributed by atoms with Gasteiger partial charge in [0.2, 0.25) is 0 Å². The van der Waals surface area contributed by atoms with Crippen LogP contribution < -0.4 is 5.32 Å². The van der Waals surface area contributed by atoms with Crippen molar-refractivity contribution in [3.8, 4) is 0 Å². The fourth-order valence-electron chi connectivity index (χ4n) is 2.04. The number of ether oxygens (including phenoxy) is 1. The molecular weight excluding hydrogens is 193 g/mol. The van der Waals surface area contributed by atoms with Crippen LogP contribution in [0, 0.1) is 5.82 Å². The van der Waals surface area contributed by atoms with E-state index in [0.717, 1.165) is 0 Å². The molecule has 1 heterocycles. The zero-order valence-corrected chi connectivity index (χ0v) is 9.03. The molecule has 3 atom stereocenters. The summed E-state index contributed by atoms with van der Waals surface area (Å²) < 4.78 is 19.2. The number of morpholine rings is 1. The maximum absolute atomic E-state index is 13.5. The van der Waals surface area contributed by atoms with Gasteiger partial charge in [-0.25, -0.2) is 4.39 Å². The molecule has 15 heavy (non-hydrogen) atoms. The molecule has 0 saturated carbocycles. The summed E-state index contributed by atoms with van der Waals surface area (Å²) in [5.74, 6) is -0.189. The van der Waals surface area contributed by atoms with Crippen molar-refractivity contribution in [1.29, 1.82) is 0 Å². The second-order valence-electron chi connectivity index (χ2n) is 4.13. The van der Waals surface area contributed by atoms with Gasteiger partial charge in [-0.1, -0.05) is 18.2 Å². The molecule has 1 aromatic rings. The molecule has 0 spiro atoms. The summed E-state index contributed by atoms with van der Waals surface area (Å²) in [5, 5.41) is 3.36. The molecule has 2 nitrogen and oxygen atoms in total. The molecule has 1 N–H and O–H groups in total. The number of hydrogen-bond acceptors (Lipinski definition) is 2. The van der Waals surface area contributed by atoms with E-state index in [1.807, 2.05) is 13.0 Å². The van der Waals surface area contributed by atoms with Gasteiger partial charge in [-0.2, -0.15) is 0 Å². The number of rotatable bonds is 1. The van der Waals surface area contributed by atoms with Crippen LogP contribution in [0.1, 0.15) is 25.5 Å². The highest BCUT2D eigenvalue weighted by molar-refractivity contribution is 5.21. The Morgan fingerprint density at radius 1 is 1.33 bits per heavy atom. The number of nitrogens with one attached hydrogen (secondary N) is 1. The van der Waals surface area contributed by atoms with Gasteiger partial charge in [0.25, 0.3) is 0 Å². The maximum atomic E-state index is 13.5. The molecule has 1 fully saturated rings. The molecule has 0 amide bonds. The quantitative estimate of drug-likeness (QED) is 0.766. The Kier molecular flexibility index (Phi) is 3.03. The van der Waals surface area contributed by atoms with Crippen molar-refractivity contribution in [2.24, 2.45) is 0 Å². The first-order valence-corrected chi connectivity index (χ1v) is 5.30. The topological polar surface area (TPSA) is 21.3 Å². The molecule has 0 radical (unpaired) electrons. The molecule has 1 saturated heterocycles. The van der Waals surface area contributed by atoms with E-state index in [2.05, 4.69) is 12.2 Å². The van der Waals surface area contributed by atoms with E-state index in [1.54, 1.807) is 12.1 Å². The van der Waals surface area contributed by atoms with E-state index < -0.39 is 0 Å². The minimum atomic E-state index is -0.189. The smallest absolute Gasteiger partial charge is 0.129 e. The first-order chi connectivity index (χ1) is 7.18. The zero-order chi connectivity index (χ0) is 10.8. The molecule has 2 rings (SSSR count). The highest BCUT2D eigenvalue weighted by Crippen LogP contribution is 2.26. The fraction of sp³-hybridized carbons (Fsp3) is 0.500. The van der Waals surface area contributed by atoms with Crippen LogP contribution in [-0.4, -0.2) is 18.7 Å². The summed E-state index contributed by atoms with van der Waals surface area (Å²) in [5.41, 5.74) is 0.643. The minimum Gasteiger partial charge on any atom is -0.370 e. The predicted octanol–water partition coefficient (Wildman–Crippen LogP) is 2.26. The third-order valence-electron chi connectivity index (χ3n) is 2.74. The molecule has 3 heteroatoms. The first kappa shape index (κ1) is 10.6. The normalized spacial score (nSPS) is 31.5. The van der Waals surface area contributed by atoms with Crippen molar-refractivity contribution in [2.75, 3.05) is 6.61 Å². The third kappa shape index (κ3) is 2.19. The van der Waals surface area contributed by atoms with E-state index in [4.69, 9.17) is 4.74 Å². The van der Waals surface area contributed by atoms with Crippen LogP contribution in [0.2, 0.25) is 0 Å². The lowest BCUT2D eigenvalue weighted by molar-refractivity contribution is -0.0225. The van der Waals surface area contributed by atoms with Gasteiger partial charge in [-0.3, -0.25) is 0 Å². The molecule has 1 aliphatic heterocycles. The Morgan fingerprint density at radius 3 is 2.73 bits per heavy atom. The molecule has 1 aliphatic rings. The number of benzene rings is 1. The van der Waals surface area contributed by atoms with Gasteiger partial charge in [0.15, 0.2) is 0 Å². The average molecular weight is 209 g/mol. The highest BCUT2D eigenvalue weighted by Gasteiger charge is 2.28. The van der Waals surface area contributed by atoms with Crippen LogP contribution in [-0.2, 0) is 4.74 Å². The molecule has 82 valence electrons. The molecule has 0 bridgehead atoms. The van der Waals surface area contributed by atoms with E-state index >= 15 is 0 Å². The van der Waals surface area contributed by atoms with Gasteiger partial charge in [0.05, 0.1) is 6.61 Å². The Labute approximate surface area is 89.4 Å². The zero-order valence-electron chi connectivity index (χ0n) is 9.03. The van der Waals surface area contributed by atoms with Crippen molar-refractivity contribution in [2.45, 2.75) is 32.0 Å². The van der Waals surface area contributed by atoms with Crippen LogP contribution in [0.5, 0.6) is 0 Å². The summed E-state index contributed by atoms with van der Waals surface area (Å²) in [6.07, 6.45) is -0.178. The van der Waals surface area contributed by atoms with Crippen LogP contribution in [0.15, 0.2) is 24.3 Å². The SMILES string of the molecule is CC1N[C@@H](C)COC1c1ccccc1F. The lowest BCUT2D eigenvalue weighted by atomic mass is 10.0. The van der Waals surface area contributed by atoms with Gasteiger partial charge >= 0.3 is 0 Å². The Hall–Kier alpha value is -0.930. The Balaban J connectivity index is 2.20. The van der Waals surface area contributed by atoms with E-state index in [1.165, 1.54) is 6.07 Å². The van der Waals surface area contributed by atoms with Crippen molar-refractivity contribution >= 4 is 0 Å². The van der Waals surface area contributed by atoms with Gasteiger partial charge in [-0.05, 0) is 19.9 Å². The lowest BCUT2D eigenvalue weighted by Gasteiger charge is -2.34. The van der Waals surface area contributed by atoms with Gasteiger partial charge < -0.3 is 10.1 Å². The molecule has 0 aromatic heterocycles. The van der Waals surface area contributed by atoms with Gasteiger partial charge in [0, 0.05) is 17.6 Å². The molecule has 1 aromatic carbocycles. The summed E-state index contributed by atoms with van der Waals surface area (Å²) in [4.78, 5) is 0. The molecule has 0 aliphatic carbocycles. The second kappa shape index (κ2) is 4.29. The van der Waals surface area contributed by atoms with Crippen LogP contribution in [0.25, 0.3) is 0 Å². The third-order valence-corrected chi connectivity index (χ3v) is 2.74. The van der Waals surface area contributed by atoms with Crippen molar-refractivity contribution in [3.63, 3.8) is 0 Å².